The van der Waals surface area contributed by atoms with E-state index < -0.39 is 24.1 Å². The van der Waals surface area contributed by atoms with Crippen molar-refractivity contribution >= 4 is 33.1 Å². The van der Waals surface area contributed by atoms with E-state index in [-0.39, 0.29) is 22.3 Å². The summed E-state index contributed by atoms with van der Waals surface area (Å²) in [6.45, 7) is 27.2. The van der Waals surface area contributed by atoms with Crippen molar-refractivity contribution < 1.29 is 13.4 Å². The molecule has 0 aromatic carbocycles. The third-order valence-corrected chi connectivity index (χ3v) is 17.1. The van der Waals surface area contributed by atoms with Crippen molar-refractivity contribution in [2.75, 3.05) is 6.16 Å². The molecule has 0 spiro atoms. The Hall–Kier alpha value is 0.494. The molecular formula is C21H44O3P2Si2. The molecule has 1 saturated carbocycles. The van der Waals surface area contributed by atoms with E-state index in [4.69, 9.17) is 8.85 Å². The molecule has 0 radical (unpaired) electrons. The molecule has 28 heavy (non-hydrogen) atoms. The van der Waals surface area contributed by atoms with Gasteiger partial charge >= 0.3 is 0 Å². The van der Waals surface area contributed by atoms with E-state index in [1.165, 1.54) is 5.57 Å². The Morgan fingerprint density at radius 3 is 1.64 bits per heavy atom. The highest BCUT2D eigenvalue weighted by atomic mass is 32.0. The first kappa shape index (κ1) is 26.5. The van der Waals surface area contributed by atoms with Crippen LogP contribution in [0, 0.1) is 0 Å². The molecule has 7 heteroatoms. The SMILES string of the molecule is C=C1[C@H](O[Si](C)(C)C(C)(C)C)CC(=CC[PH](=O)P)C[C@H]1O[Si](C)(C)C(C)(C)C. The summed E-state index contributed by atoms with van der Waals surface area (Å²) < 4.78 is 25.2. The van der Waals surface area contributed by atoms with Gasteiger partial charge in [0.05, 0.1) is 19.7 Å². The minimum Gasteiger partial charge on any atom is -0.410 e. The molecule has 3 nitrogen and oxygen atoms in total. The molecule has 2 unspecified atom stereocenters. The maximum atomic E-state index is 11.7. The molecule has 0 aromatic heterocycles. The van der Waals surface area contributed by atoms with Gasteiger partial charge in [0.1, 0.15) is 0 Å². The number of hydrogen-bond acceptors (Lipinski definition) is 3. The van der Waals surface area contributed by atoms with Gasteiger partial charge in [-0.1, -0.05) is 68.7 Å². The molecule has 0 saturated heterocycles. The van der Waals surface area contributed by atoms with Gasteiger partial charge < -0.3 is 13.4 Å². The standard InChI is InChI=1S/C21H44O3P2Si2/c1-16-18(23-27(8,9)20(2,3)4)14-17(12-13-26(22)25)15-19(16)24-28(10,11)21(5,6)7/h12,18-19,26H,1,13-15,25H2,2-11H3/t18-,19-/m1/s1. The van der Waals surface area contributed by atoms with Crippen molar-refractivity contribution in [3.63, 3.8) is 0 Å². The molecule has 0 bridgehead atoms. The van der Waals surface area contributed by atoms with Gasteiger partial charge in [-0.3, -0.25) is 0 Å². The monoisotopic (exact) mass is 462 g/mol. The van der Waals surface area contributed by atoms with Gasteiger partial charge in [0.2, 0.25) is 0 Å². The van der Waals surface area contributed by atoms with Crippen LogP contribution < -0.4 is 0 Å². The van der Waals surface area contributed by atoms with Crippen molar-refractivity contribution in [3.8, 4) is 0 Å². The van der Waals surface area contributed by atoms with Crippen LogP contribution in [0.5, 0.6) is 0 Å². The zero-order valence-corrected chi connectivity index (χ0v) is 24.0. The van der Waals surface area contributed by atoms with Gasteiger partial charge in [0.15, 0.2) is 16.6 Å². The first-order valence-electron chi connectivity index (χ1n) is 10.4. The summed E-state index contributed by atoms with van der Waals surface area (Å²) in [7, 11) is -2.99. The van der Waals surface area contributed by atoms with Crippen LogP contribution in [0.4, 0.5) is 0 Å². The van der Waals surface area contributed by atoms with Crippen LogP contribution in [0.25, 0.3) is 0 Å². The predicted molar refractivity (Wildman–Crippen MR) is 134 cm³/mol. The third-order valence-electron chi connectivity index (χ3n) is 6.80. The fourth-order valence-corrected chi connectivity index (χ4v) is 6.18. The van der Waals surface area contributed by atoms with E-state index in [9.17, 15) is 4.57 Å². The Morgan fingerprint density at radius 1 is 1.00 bits per heavy atom. The van der Waals surface area contributed by atoms with Crippen LogP contribution in [-0.2, 0) is 13.4 Å². The molecule has 1 aliphatic carbocycles. The summed E-state index contributed by atoms with van der Waals surface area (Å²) in [5.74, 6) is 0. The normalized spacial score (nSPS) is 23.7. The van der Waals surface area contributed by atoms with Gasteiger partial charge in [-0.15, -0.1) is 0 Å². The van der Waals surface area contributed by atoms with Crippen LogP contribution in [0.15, 0.2) is 23.8 Å². The van der Waals surface area contributed by atoms with E-state index in [1.54, 1.807) is 0 Å². The Kier molecular flexibility index (Phi) is 8.83. The van der Waals surface area contributed by atoms with Gasteiger partial charge in [-0.2, -0.15) is 0 Å². The average Bonchev–Trinajstić information content (AvgIpc) is 2.46. The summed E-state index contributed by atoms with van der Waals surface area (Å²) in [5.41, 5.74) is 2.39. The predicted octanol–water partition coefficient (Wildman–Crippen LogP) is 7.39. The molecule has 1 fully saturated rings. The second-order valence-electron chi connectivity index (χ2n) is 11.2. The lowest BCUT2D eigenvalue weighted by atomic mass is 9.86. The maximum Gasteiger partial charge on any atom is 0.192 e. The summed E-state index contributed by atoms with van der Waals surface area (Å²) in [4.78, 5) is 0. The van der Waals surface area contributed by atoms with Crippen LogP contribution >= 0.6 is 16.4 Å². The first-order chi connectivity index (χ1) is 12.4. The number of rotatable bonds is 6. The number of hydrogen-bond donors (Lipinski definition) is 0. The molecule has 0 aliphatic heterocycles. The molecule has 164 valence electrons. The van der Waals surface area contributed by atoms with Crippen LogP contribution in [0.3, 0.4) is 0 Å². The van der Waals surface area contributed by atoms with Crippen molar-refractivity contribution in [3.05, 3.63) is 23.8 Å². The fourth-order valence-electron chi connectivity index (χ4n) is 2.74. The Labute approximate surface area is 179 Å². The van der Waals surface area contributed by atoms with Gasteiger partial charge in [0, 0.05) is 6.16 Å². The van der Waals surface area contributed by atoms with Gasteiger partial charge in [-0.25, -0.2) is 0 Å². The summed E-state index contributed by atoms with van der Waals surface area (Å²) in [6, 6.07) is 0. The topological polar surface area (TPSA) is 35.5 Å². The van der Waals surface area contributed by atoms with Crippen LogP contribution in [0.2, 0.25) is 36.3 Å². The van der Waals surface area contributed by atoms with Crippen molar-refractivity contribution in [1.29, 1.82) is 0 Å². The molecular weight excluding hydrogens is 418 g/mol. The van der Waals surface area contributed by atoms with Crippen molar-refractivity contribution in [2.24, 2.45) is 0 Å². The van der Waals surface area contributed by atoms with E-state index in [2.05, 4.69) is 89.3 Å². The Bertz CT molecular complexity index is 587. The molecule has 4 atom stereocenters. The van der Waals surface area contributed by atoms with Gasteiger partial charge in [0.25, 0.3) is 0 Å². The molecule has 0 aromatic rings. The minimum absolute atomic E-state index is 0.0116. The maximum absolute atomic E-state index is 11.7. The molecule has 0 heterocycles. The van der Waals surface area contributed by atoms with Crippen molar-refractivity contribution in [1.82, 2.24) is 0 Å². The zero-order chi connectivity index (χ0) is 22.1. The minimum atomic E-state index is -1.93. The lowest BCUT2D eigenvalue weighted by Gasteiger charge is -2.46. The lowest BCUT2D eigenvalue weighted by molar-refractivity contribution is 0.132. The van der Waals surface area contributed by atoms with Crippen LogP contribution in [0.1, 0.15) is 54.4 Å². The lowest BCUT2D eigenvalue weighted by Crippen LogP contribution is -2.49. The van der Waals surface area contributed by atoms with E-state index >= 15 is 0 Å². The fraction of sp³-hybridized carbons (Fsp3) is 0.810. The quantitative estimate of drug-likeness (QED) is 0.234. The van der Waals surface area contributed by atoms with E-state index in [0.717, 1.165) is 18.4 Å². The van der Waals surface area contributed by atoms with Crippen LogP contribution in [-0.4, -0.2) is 35.0 Å². The van der Waals surface area contributed by atoms with E-state index in [0.29, 0.717) is 6.16 Å². The number of allylic oxidation sites excluding steroid dienone is 1. The highest BCUT2D eigenvalue weighted by Crippen LogP contribution is 2.44. The second kappa shape index (κ2) is 9.32. The first-order valence-corrected chi connectivity index (χ1v) is 19.6. The molecule has 1 rings (SSSR count). The third kappa shape index (κ3) is 7.03. The van der Waals surface area contributed by atoms with Crippen molar-refractivity contribution in [2.45, 2.75) is 103 Å². The largest absolute Gasteiger partial charge is 0.410 e. The van der Waals surface area contributed by atoms with Gasteiger partial charge in [-0.05, 0) is 54.7 Å². The summed E-state index contributed by atoms with van der Waals surface area (Å²) in [5, 5.41) is 0.297. The zero-order valence-electron chi connectivity index (χ0n) is 19.9. The average molecular weight is 463 g/mol. The highest BCUT2D eigenvalue weighted by molar-refractivity contribution is 8.06. The molecule has 1 aliphatic rings. The smallest absolute Gasteiger partial charge is 0.192 e. The Balaban J connectivity index is 3.17. The Morgan fingerprint density at radius 2 is 1.36 bits per heavy atom. The summed E-state index contributed by atoms with van der Waals surface area (Å²) >= 11 is 0. The highest BCUT2D eigenvalue weighted by Gasteiger charge is 2.44. The summed E-state index contributed by atoms with van der Waals surface area (Å²) in [6.07, 6.45) is 4.47. The molecule has 0 amide bonds. The second-order valence-corrected chi connectivity index (χ2v) is 24.0. The van der Waals surface area contributed by atoms with E-state index in [1.807, 2.05) is 0 Å². The molecule has 0 N–H and O–H groups in total.